The number of carbonyl (C=O) groups is 1. The van der Waals surface area contributed by atoms with Gasteiger partial charge >= 0.3 is 0 Å². The lowest BCUT2D eigenvalue weighted by Gasteiger charge is -2.36. The molecule has 0 aliphatic carbocycles. The molecule has 2 aromatic rings. The number of anilines is 1. The SMILES string of the molecule is N#C/C(=C\c1ccco1)C(=O)N1CCN(c2ccc([N+](=O)[O-])cc2)CC1. The van der Waals surface area contributed by atoms with Gasteiger partial charge in [0.2, 0.25) is 0 Å². The molecule has 26 heavy (non-hydrogen) atoms. The summed E-state index contributed by atoms with van der Waals surface area (Å²) in [4.78, 5) is 26.5. The van der Waals surface area contributed by atoms with Gasteiger partial charge in [-0.2, -0.15) is 5.26 Å². The molecule has 0 atom stereocenters. The van der Waals surface area contributed by atoms with Crippen LogP contribution >= 0.6 is 0 Å². The normalized spacial score (nSPS) is 14.8. The van der Waals surface area contributed by atoms with E-state index in [1.54, 1.807) is 29.2 Å². The van der Waals surface area contributed by atoms with E-state index in [9.17, 15) is 20.2 Å². The summed E-state index contributed by atoms with van der Waals surface area (Å²) in [6.45, 7) is 2.10. The maximum Gasteiger partial charge on any atom is 0.269 e. The Balaban J connectivity index is 1.63. The number of nitro groups is 1. The molecule has 0 N–H and O–H groups in total. The van der Waals surface area contributed by atoms with Gasteiger partial charge < -0.3 is 14.2 Å². The number of nitriles is 1. The molecular weight excluding hydrogens is 336 g/mol. The van der Waals surface area contributed by atoms with Crippen molar-refractivity contribution in [3.63, 3.8) is 0 Å². The average molecular weight is 352 g/mol. The molecule has 3 rings (SSSR count). The first-order chi connectivity index (χ1) is 12.6. The number of rotatable bonds is 4. The third kappa shape index (κ3) is 3.72. The smallest absolute Gasteiger partial charge is 0.269 e. The molecule has 0 saturated carbocycles. The summed E-state index contributed by atoms with van der Waals surface area (Å²) in [7, 11) is 0. The molecule has 0 radical (unpaired) electrons. The second-order valence-electron chi connectivity index (χ2n) is 5.74. The van der Waals surface area contributed by atoms with E-state index in [0.29, 0.717) is 31.9 Å². The lowest BCUT2D eigenvalue weighted by molar-refractivity contribution is -0.384. The van der Waals surface area contributed by atoms with Gasteiger partial charge in [-0.3, -0.25) is 14.9 Å². The number of amides is 1. The summed E-state index contributed by atoms with van der Waals surface area (Å²) < 4.78 is 5.15. The van der Waals surface area contributed by atoms with E-state index in [1.807, 2.05) is 6.07 Å². The lowest BCUT2D eigenvalue weighted by Crippen LogP contribution is -2.49. The summed E-state index contributed by atoms with van der Waals surface area (Å²) in [6, 6.07) is 11.6. The second kappa shape index (κ2) is 7.53. The molecule has 1 aromatic heterocycles. The van der Waals surface area contributed by atoms with Crippen LogP contribution in [-0.2, 0) is 4.79 Å². The third-order valence-electron chi connectivity index (χ3n) is 4.17. The first-order valence-electron chi connectivity index (χ1n) is 8.02. The van der Waals surface area contributed by atoms with Gasteiger partial charge in [-0.05, 0) is 24.3 Å². The molecule has 1 amide bonds. The fourth-order valence-corrected chi connectivity index (χ4v) is 2.78. The highest BCUT2D eigenvalue weighted by molar-refractivity contribution is 6.01. The van der Waals surface area contributed by atoms with Crippen LogP contribution in [0.5, 0.6) is 0 Å². The largest absolute Gasteiger partial charge is 0.465 e. The zero-order chi connectivity index (χ0) is 18.5. The number of hydrogen-bond acceptors (Lipinski definition) is 6. The van der Waals surface area contributed by atoms with Crippen molar-refractivity contribution in [2.75, 3.05) is 31.1 Å². The summed E-state index contributed by atoms with van der Waals surface area (Å²) in [5, 5.41) is 20.0. The molecular formula is C18H16N4O4. The third-order valence-corrected chi connectivity index (χ3v) is 4.17. The van der Waals surface area contributed by atoms with Crippen LogP contribution in [0.3, 0.4) is 0 Å². The molecule has 1 aliphatic heterocycles. The highest BCUT2D eigenvalue weighted by Gasteiger charge is 2.24. The molecule has 2 heterocycles. The lowest BCUT2D eigenvalue weighted by atomic mass is 10.2. The Morgan fingerprint density at radius 1 is 1.19 bits per heavy atom. The minimum Gasteiger partial charge on any atom is -0.465 e. The molecule has 0 unspecified atom stereocenters. The molecule has 1 saturated heterocycles. The Labute approximate surface area is 149 Å². The van der Waals surface area contributed by atoms with Gasteiger partial charge in [0.1, 0.15) is 17.4 Å². The Kier molecular flexibility index (Phi) is 4.99. The second-order valence-corrected chi connectivity index (χ2v) is 5.74. The van der Waals surface area contributed by atoms with E-state index in [4.69, 9.17) is 4.42 Å². The Bertz CT molecular complexity index is 858. The van der Waals surface area contributed by atoms with Crippen molar-refractivity contribution in [1.82, 2.24) is 4.90 Å². The van der Waals surface area contributed by atoms with E-state index in [1.165, 1.54) is 24.5 Å². The fourth-order valence-electron chi connectivity index (χ4n) is 2.78. The zero-order valence-electron chi connectivity index (χ0n) is 13.9. The van der Waals surface area contributed by atoms with Gasteiger partial charge in [-0.15, -0.1) is 0 Å². The van der Waals surface area contributed by atoms with Crippen molar-refractivity contribution in [1.29, 1.82) is 5.26 Å². The van der Waals surface area contributed by atoms with Crippen molar-refractivity contribution >= 4 is 23.4 Å². The van der Waals surface area contributed by atoms with Crippen LogP contribution in [0.2, 0.25) is 0 Å². The van der Waals surface area contributed by atoms with Crippen molar-refractivity contribution < 1.29 is 14.1 Å². The summed E-state index contributed by atoms with van der Waals surface area (Å²) in [5.74, 6) is 0.131. The molecule has 132 valence electrons. The van der Waals surface area contributed by atoms with E-state index < -0.39 is 4.92 Å². The van der Waals surface area contributed by atoms with E-state index in [-0.39, 0.29) is 17.2 Å². The number of carbonyl (C=O) groups excluding carboxylic acids is 1. The van der Waals surface area contributed by atoms with Gasteiger partial charge in [-0.25, -0.2) is 0 Å². The van der Waals surface area contributed by atoms with Crippen molar-refractivity contribution in [2.45, 2.75) is 0 Å². The van der Waals surface area contributed by atoms with Crippen LogP contribution in [0, 0.1) is 21.4 Å². The number of nitrogens with zero attached hydrogens (tertiary/aromatic N) is 4. The summed E-state index contributed by atoms with van der Waals surface area (Å²) in [6.07, 6.45) is 2.92. The minimum atomic E-state index is -0.435. The highest BCUT2D eigenvalue weighted by atomic mass is 16.6. The number of nitro benzene ring substituents is 1. The standard InChI is InChI=1S/C18H16N4O4/c19-13-14(12-17-2-1-11-26-17)18(23)21-9-7-20(8-10-21)15-3-5-16(6-4-15)22(24)25/h1-6,11-12H,7-10H2/b14-12+. The van der Waals surface area contributed by atoms with Crippen LogP contribution in [0.25, 0.3) is 6.08 Å². The molecule has 8 heteroatoms. The van der Waals surface area contributed by atoms with Crippen LogP contribution in [0.1, 0.15) is 5.76 Å². The number of piperazine rings is 1. The first kappa shape index (κ1) is 17.2. The van der Waals surface area contributed by atoms with Gasteiger partial charge in [-0.1, -0.05) is 0 Å². The number of furan rings is 1. The maximum absolute atomic E-state index is 12.5. The quantitative estimate of drug-likeness (QED) is 0.362. The van der Waals surface area contributed by atoms with Crippen LogP contribution in [-0.4, -0.2) is 41.9 Å². The monoisotopic (exact) mass is 352 g/mol. The highest BCUT2D eigenvalue weighted by Crippen LogP contribution is 2.21. The molecule has 0 spiro atoms. The van der Waals surface area contributed by atoms with Crippen LogP contribution in [0.15, 0.2) is 52.7 Å². The van der Waals surface area contributed by atoms with Gasteiger partial charge in [0.25, 0.3) is 11.6 Å². The van der Waals surface area contributed by atoms with Gasteiger partial charge in [0.15, 0.2) is 0 Å². The maximum atomic E-state index is 12.5. The van der Waals surface area contributed by atoms with E-state index in [2.05, 4.69) is 4.90 Å². The zero-order valence-corrected chi connectivity index (χ0v) is 13.9. The Morgan fingerprint density at radius 3 is 2.42 bits per heavy atom. The number of hydrogen-bond donors (Lipinski definition) is 0. The fraction of sp³-hybridized carbons (Fsp3) is 0.222. The number of benzene rings is 1. The molecule has 1 aromatic carbocycles. The van der Waals surface area contributed by atoms with Crippen molar-refractivity contribution in [3.8, 4) is 6.07 Å². The van der Waals surface area contributed by atoms with Crippen LogP contribution in [0.4, 0.5) is 11.4 Å². The summed E-state index contributed by atoms with van der Waals surface area (Å²) >= 11 is 0. The molecule has 0 bridgehead atoms. The predicted molar refractivity (Wildman–Crippen MR) is 94.2 cm³/mol. The molecule has 8 nitrogen and oxygen atoms in total. The Morgan fingerprint density at radius 2 is 1.88 bits per heavy atom. The number of non-ortho nitro benzene ring substituents is 1. The van der Waals surface area contributed by atoms with Gasteiger partial charge in [0.05, 0.1) is 11.2 Å². The van der Waals surface area contributed by atoms with Gasteiger partial charge in [0, 0.05) is 50.1 Å². The van der Waals surface area contributed by atoms with Crippen LogP contribution < -0.4 is 4.90 Å². The average Bonchev–Trinajstić information content (AvgIpc) is 3.19. The summed E-state index contributed by atoms with van der Waals surface area (Å²) in [5.41, 5.74) is 0.947. The van der Waals surface area contributed by atoms with E-state index in [0.717, 1.165) is 5.69 Å². The molecule has 1 fully saturated rings. The van der Waals surface area contributed by atoms with Crippen molar-refractivity contribution in [3.05, 3.63) is 64.1 Å². The van der Waals surface area contributed by atoms with Crippen molar-refractivity contribution in [2.24, 2.45) is 0 Å². The first-order valence-corrected chi connectivity index (χ1v) is 8.02. The topological polar surface area (TPSA) is 104 Å². The predicted octanol–water partition coefficient (Wildman–Crippen LogP) is 2.44. The Hall–Kier alpha value is -3.60. The molecule has 1 aliphatic rings. The minimum absolute atomic E-state index is 0.0312. The van der Waals surface area contributed by atoms with E-state index >= 15 is 0 Å².